The van der Waals surface area contributed by atoms with Crippen molar-refractivity contribution in [1.82, 2.24) is 5.32 Å². The molecule has 2 heterocycles. The zero-order chi connectivity index (χ0) is 21.8. The zero-order valence-corrected chi connectivity index (χ0v) is 18.3. The Kier molecular flexibility index (Phi) is 5.12. The lowest BCUT2D eigenvalue weighted by Gasteiger charge is -2.44. The number of amides is 1. The zero-order valence-electron chi connectivity index (χ0n) is 18.3. The summed E-state index contributed by atoms with van der Waals surface area (Å²) in [5.74, 6) is -1.54. The van der Waals surface area contributed by atoms with Gasteiger partial charge in [0.2, 0.25) is 0 Å². The molecule has 1 saturated carbocycles. The van der Waals surface area contributed by atoms with Gasteiger partial charge in [-0.05, 0) is 87.0 Å². The maximum Gasteiger partial charge on any atom is 0.264 e. The van der Waals surface area contributed by atoms with Crippen LogP contribution in [0.4, 0.5) is 14.5 Å². The average molecular weight is 425 g/mol. The van der Waals surface area contributed by atoms with E-state index in [9.17, 15) is 13.6 Å². The van der Waals surface area contributed by atoms with Gasteiger partial charge in [0.1, 0.15) is 17.2 Å². The predicted octanol–water partition coefficient (Wildman–Crippen LogP) is 5.42. The van der Waals surface area contributed by atoms with Crippen molar-refractivity contribution in [3.63, 3.8) is 0 Å². The lowest BCUT2D eigenvalue weighted by molar-refractivity contribution is 0.0941. The summed E-state index contributed by atoms with van der Waals surface area (Å²) < 4.78 is 29.4. The van der Waals surface area contributed by atoms with Gasteiger partial charge >= 0.3 is 0 Å². The van der Waals surface area contributed by atoms with E-state index in [1.807, 2.05) is 6.92 Å². The van der Waals surface area contributed by atoms with E-state index in [1.165, 1.54) is 48.6 Å². The first-order chi connectivity index (χ1) is 14.9. The van der Waals surface area contributed by atoms with Crippen LogP contribution in [0.15, 0.2) is 30.3 Å². The number of benzene rings is 2. The Hall–Kier alpha value is -2.27. The predicted molar refractivity (Wildman–Crippen MR) is 119 cm³/mol. The Balaban J connectivity index is 1.69. The molecule has 0 aromatic heterocycles. The Bertz CT molecular complexity index is 1000. The Morgan fingerprint density at radius 1 is 1.10 bits per heavy atom. The van der Waals surface area contributed by atoms with Gasteiger partial charge in [-0.1, -0.05) is 31.4 Å². The quantitative estimate of drug-likeness (QED) is 0.713. The Morgan fingerprint density at radius 2 is 1.74 bits per heavy atom. The Labute approximate surface area is 182 Å². The Morgan fingerprint density at radius 3 is 2.35 bits per heavy atom. The number of aryl methyl sites for hydroxylation is 2. The minimum absolute atomic E-state index is 0.0670. The molecule has 1 saturated heterocycles. The van der Waals surface area contributed by atoms with Crippen LogP contribution in [-0.2, 0) is 5.41 Å². The van der Waals surface area contributed by atoms with E-state index in [1.54, 1.807) is 4.90 Å². The highest BCUT2D eigenvalue weighted by Gasteiger charge is 2.54. The van der Waals surface area contributed by atoms with E-state index < -0.39 is 23.1 Å². The summed E-state index contributed by atoms with van der Waals surface area (Å²) in [5, 5.41) is 3.47. The molecule has 1 atom stereocenters. The topological polar surface area (TPSA) is 32.3 Å². The number of halogens is 2. The SMILES string of the molecule is Cc1cc2c(cc1C)C1(CCNCC1)[C@@H](CC1CCC1)N2C(=O)c1c(F)cccc1F. The summed E-state index contributed by atoms with van der Waals surface area (Å²) >= 11 is 0. The lowest BCUT2D eigenvalue weighted by Crippen LogP contribution is -2.53. The fourth-order valence-corrected chi connectivity index (χ4v) is 5.92. The molecule has 0 radical (unpaired) electrons. The first-order valence-electron chi connectivity index (χ1n) is 11.5. The van der Waals surface area contributed by atoms with Crippen molar-refractivity contribution in [3.05, 3.63) is 64.2 Å². The third-order valence-electron chi connectivity index (χ3n) is 8.03. The van der Waals surface area contributed by atoms with Gasteiger partial charge in [0, 0.05) is 17.1 Å². The smallest absolute Gasteiger partial charge is 0.264 e. The molecule has 2 aromatic rings. The third-order valence-corrected chi connectivity index (χ3v) is 8.03. The summed E-state index contributed by atoms with van der Waals surface area (Å²) in [7, 11) is 0. The molecule has 3 nitrogen and oxygen atoms in total. The molecule has 1 amide bonds. The number of piperidine rings is 1. The van der Waals surface area contributed by atoms with Gasteiger partial charge in [-0.15, -0.1) is 0 Å². The van der Waals surface area contributed by atoms with Gasteiger partial charge in [-0.2, -0.15) is 0 Å². The highest BCUT2D eigenvalue weighted by molar-refractivity contribution is 6.08. The number of rotatable bonds is 3. The largest absolute Gasteiger partial charge is 0.317 e. The van der Waals surface area contributed by atoms with Crippen LogP contribution < -0.4 is 10.2 Å². The molecule has 5 heteroatoms. The highest BCUT2D eigenvalue weighted by Crippen LogP contribution is 2.54. The van der Waals surface area contributed by atoms with Crippen LogP contribution in [0.2, 0.25) is 0 Å². The van der Waals surface area contributed by atoms with Crippen molar-refractivity contribution in [1.29, 1.82) is 0 Å². The van der Waals surface area contributed by atoms with E-state index in [0.717, 1.165) is 43.6 Å². The number of anilines is 1. The summed E-state index contributed by atoms with van der Waals surface area (Å²) in [5.41, 5.74) is 3.74. The summed E-state index contributed by atoms with van der Waals surface area (Å²) in [6.45, 7) is 5.93. The minimum Gasteiger partial charge on any atom is -0.317 e. The molecule has 164 valence electrons. The molecule has 2 aromatic carbocycles. The van der Waals surface area contributed by atoms with E-state index in [2.05, 4.69) is 24.4 Å². The molecule has 1 spiro atoms. The summed E-state index contributed by atoms with van der Waals surface area (Å²) in [6, 6.07) is 7.89. The standard InChI is InChI=1S/C26H30F2N2O/c1-16-13-19-22(14-17(16)2)30(25(31)24-20(27)7-4-8-21(24)28)23(15-18-5-3-6-18)26(19)9-11-29-12-10-26/h4,7-8,13-14,18,23,29H,3,5-6,9-12,15H2,1-2H3/t23-/m1/s1. The van der Waals surface area contributed by atoms with Gasteiger partial charge in [0.25, 0.3) is 5.91 Å². The molecule has 1 aliphatic carbocycles. The molecular weight excluding hydrogens is 394 g/mol. The summed E-state index contributed by atoms with van der Waals surface area (Å²) in [4.78, 5) is 15.6. The molecule has 2 fully saturated rings. The first-order valence-corrected chi connectivity index (χ1v) is 11.5. The van der Waals surface area contributed by atoms with Gasteiger partial charge < -0.3 is 10.2 Å². The number of carbonyl (C=O) groups is 1. The van der Waals surface area contributed by atoms with Crippen molar-refractivity contribution >= 4 is 11.6 Å². The fourth-order valence-electron chi connectivity index (χ4n) is 5.92. The van der Waals surface area contributed by atoms with Crippen LogP contribution >= 0.6 is 0 Å². The third kappa shape index (κ3) is 3.20. The van der Waals surface area contributed by atoms with Crippen LogP contribution in [0.5, 0.6) is 0 Å². The maximum atomic E-state index is 14.7. The van der Waals surface area contributed by atoms with Crippen molar-refractivity contribution < 1.29 is 13.6 Å². The fraction of sp³-hybridized carbons (Fsp3) is 0.500. The number of hydrogen-bond donors (Lipinski definition) is 1. The van der Waals surface area contributed by atoms with Crippen molar-refractivity contribution in [2.45, 2.75) is 63.8 Å². The maximum absolute atomic E-state index is 14.7. The molecule has 1 N–H and O–H groups in total. The van der Waals surface area contributed by atoms with Gasteiger partial charge in [-0.3, -0.25) is 4.79 Å². The van der Waals surface area contributed by atoms with Crippen LogP contribution in [-0.4, -0.2) is 25.0 Å². The van der Waals surface area contributed by atoms with E-state index >= 15 is 0 Å². The van der Waals surface area contributed by atoms with Crippen LogP contribution in [0.1, 0.15) is 65.6 Å². The average Bonchev–Trinajstić information content (AvgIpc) is 2.94. The van der Waals surface area contributed by atoms with Gasteiger partial charge in [0.15, 0.2) is 0 Å². The van der Waals surface area contributed by atoms with E-state index in [4.69, 9.17) is 0 Å². The number of fused-ring (bicyclic) bond motifs is 2. The molecular formula is C26H30F2N2O. The highest BCUT2D eigenvalue weighted by atomic mass is 19.1. The first kappa shape index (κ1) is 20.6. The van der Waals surface area contributed by atoms with E-state index in [0.29, 0.717) is 5.92 Å². The van der Waals surface area contributed by atoms with Crippen LogP contribution in [0.3, 0.4) is 0 Å². The second-order valence-electron chi connectivity index (χ2n) is 9.68. The normalized spacial score (nSPS) is 22.5. The number of carbonyl (C=O) groups excluding carboxylic acids is 1. The molecule has 0 bridgehead atoms. The lowest BCUT2D eigenvalue weighted by atomic mass is 9.65. The molecule has 2 aliphatic heterocycles. The molecule has 5 rings (SSSR count). The number of nitrogens with one attached hydrogen (secondary N) is 1. The van der Waals surface area contributed by atoms with Gasteiger partial charge in [0.05, 0.1) is 0 Å². The van der Waals surface area contributed by atoms with Crippen LogP contribution in [0, 0.1) is 31.4 Å². The minimum atomic E-state index is -0.788. The van der Waals surface area contributed by atoms with Crippen molar-refractivity contribution in [2.75, 3.05) is 18.0 Å². The second kappa shape index (κ2) is 7.70. The summed E-state index contributed by atoms with van der Waals surface area (Å²) in [6.07, 6.45) is 6.35. The molecule has 0 unspecified atom stereocenters. The number of hydrogen-bond acceptors (Lipinski definition) is 2. The molecule has 31 heavy (non-hydrogen) atoms. The monoisotopic (exact) mass is 424 g/mol. The van der Waals surface area contributed by atoms with Crippen molar-refractivity contribution in [3.8, 4) is 0 Å². The van der Waals surface area contributed by atoms with Crippen LogP contribution in [0.25, 0.3) is 0 Å². The van der Waals surface area contributed by atoms with E-state index in [-0.39, 0.29) is 11.5 Å². The van der Waals surface area contributed by atoms with Gasteiger partial charge in [-0.25, -0.2) is 8.78 Å². The van der Waals surface area contributed by atoms with Crippen molar-refractivity contribution in [2.24, 2.45) is 5.92 Å². The second-order valence-corrected chi connectivity index (χ2v) is 9.68. The molecule has 3 aliphatic rings. The number of nitrogens with zero attached hydrogens (tertiary/aromatic N) is 1.